The Morgan fingerprint density at radius 3 is 2.64 bits per heavy atom. The largest absolute Gasteiger partial charge is 0.444 e. The fraction of sp³-hybridized carbons (Fsp3) is 0.500. The summed E-state index contributed by atoms with van der Waals surface area (Å²) < 4.78 is 5.22. The molecule has 0 saturated carbocycles. The highest BCUT2D eigenvalue weighted by molar-refractivity contribution is 6.05. The van der Waals surface area contributed by atoms with E-state index in [4.69, 9.17) is 4.74 Å². The predicted octanol–water partition coefficient (Wildman–Crippen LogP) is 2.03. The Kier molecular flexibility index (Phi) is 5.14. The van der Waals surface area contributed by atoms with Gasteiger partial charge in [-0.05, 0) is 51.3 Å². The molecule has 28 heavy (non-hydrogen) atoms. The van der Waals surface area contributed by atoms with E-state index in [0.717, 1.165) is 11.1 Å². The lowest BCUT2D eigenvalue weighted by Crippen LogP contribution is -2.53. The molecule has 0 aliphatic carbocycles. The number of hydrogen-bond donors (Lipinski definition) is 2. The minimum absolute atomic E-state index is 0.217. The molecule has 2 N–H and O–H groups in total. The smallest absolute Gasteiger partial charge is 0.407 e. The van der Waals surface area contributed by atoms with E-state index in [-0.39, 0.29) is 30.8 Å². The van der Waals surface area contributed by atoms with Crippen molar-refractivity contribution in [2.75, 3.05) is 0 Å². The van der Waals surface area contributed by atoms with Crippen molar-refractivity contribution in [3.05, 3.63) is 34.9 Å². The molecule has 0 aromatic heterocycles. The molecule has 1 fully saturated rings. The third kappa shape index (κ3) is 4.00. The molecular formula is C20H25N3O5. The number of alkyl carbamates (subject to hydrolysis) is 1. The van der Waals surface area contributed by atoms with Gasteiger partial charge in [-0.1, -0.05) is 12.1 Å². The second kappa shape index (κ2) is 7.26. The van der Waals surface area contributed by atoms with Crippen LogP contribution in [0.1, 0.15) is 68.1 Å². The van der Waals surface area contributed by atoms with Gasteiger partial charge >= 0.3 is 6.09 Å². The van der Waals surface area contributed by atoms with Crippen LogP contribution in [-0.2, 0) is 20.9 Å². The minimum atomic E-state index is -0.657. The summed E-state index contributed by atoms with van der Waals surface area (Å²) in [4.78, 5) is 49.8. The first-order chi connectivity index (χ1) is 13.1. The van der Waals surface area contributed by atoms with Gasteiger partial charge in [-0.25, -0.2) is 4.79 Å². The van der Waals surface area contributed by atoms with Gasteiger partial charge in [-0.2, -0.15) is 0 Å². The summed E-state index contributed by atoms with van der Waals surface area (Å²) in [6.45, 7) is 7.50. The first-order valence-corrected chi connectivity index (χ1v) is 9.33. The van der Waals surface area contributed by atoms with Gasteiger partial charge < -0.3 is 15.0 Å². The van der Waals surface area contributed by atoms with Crippen LogP contribution < -0.4 is 10.6 Å². The molecule has 150 valence electrons. The summed E-state index contributed by atoms with van der Waals surface area (Å²) in [5.41, 5.74) is 1.59. The van der Waals surface area contributed by atoms with E-state index < -0.39 is 23.6 Å². The zero-order valence-corrected chi connectivity index (χ0v) is 16.5. The molecule has 2 unspecified atom stereocenters. The molecule has 8 nitrogen and oxygen atoms in total. The number of rotatable bonds is 3. The van der Waals surface area contributed by atoms with Crippen LogP contribution in [0.15, 0.2) is 18.2 Å². The van der Waals surface area contributed by atoms with Crippen molar-refractivity contribution in [3.8, 4) is 0 Å². The molecule has 3 rings (SSSR count). The van der Waals surface area contributed by atoms with E-state index in [1.165, 1.54) is 4.90 Å². The van der Waals surface area contributed by atoms with E-state index in [9.17, 15) is 19.2 Å². The number of imide groups is 1. The van der Waals surface area contributed by atoms with Gasteiger partial charge in [0.2, 0.25) is 11.8 Å². The van der Waals surface area contributed by atoms with Crippen LogP contribution in [0.4, 0.5) is 4.79 Å². The molecule has 2 aliphatic rings. The number of carbonyl (C=O) groups excluding carboxylic acids is 4. The summed E-state index contributed by atoms with van der Waals surface area (Å²) in [6.07, 6.45) is 0.0260. The maximum Gasteiger partial charge on any atom is 0.407 e. The molecular weight excluding hydrogens is 362 g/mol. The van der Waals surface area contributed by atoms with E-state index in [1.807, 2.05) is 13.0 Å². The molecule has 1 aromatic rings. The number of ether oxygens (including phenoxy) is 1. The molecule has 0 bridgehead atoms. The Labute approximate surface area is 163 Å². The number of nitrogens with zero attached hydrogens (tertiary/aromatic N) is 1. The van der Waals surface area contributed by atoms with Gasteiger partial charge in [0, 0.05) is 18.5 Å². The molecule has 2 aliphatic heterocycles. The van der Waals surface area contributed by atoms with Gasteiger partial charge in [-0.3, -0.25) is 19.7 Å². The molecule has 2 heterocycles. The second-order valence-electron chi connectivity index (χ2n) is 8.13. The van der Waals surface area contributed by atoms with Crippen molar-refractivity contribution in [1.29, 1.82) is 0 Å². The standard InChI is InChI=1S/C20H25N3O5/c1-11-14-9-12(10-21-19(27)28-20(2,3)4)5-6-13(14)18(26)23(11)15-7-8-16(24)22-17(15)25/h5-6,9,11,15H,7-8,10H2,1-4H3,(H,21,27)(H,22,24,25). The summed E-state index contributed by atoms with van der Waals surface area (Å²) >= 11 is 0. The number of amides is 4. The summed E-state index contributed by atoms with van der Waals surface area (Å²) in [5.74, 6) is -0.965. The zero-order valence-electron chi connectivity index (χ0n) is 16.5. The van der Waals surface area contributed by atoms with E-state index in [1.54, 1.807) is 32.9 Å². The van der Waals surface area contributed by atoms with Crippen molar-refractivity contribution < 1.29 is 23.9 Å². The van der Waals surface area contributed by atoms with Crippen LogP contribution in [-0.4, -0.2) is 40.4 Å². The highest BCUT2D eigenvalue weighted by Gasteiger charge is 2.43. The third-order valence-electron chi connectivity index (χ3n) is 4.83. The fourth-order valence-corrected chi connectivity index (χ4v) is 3.57. The SMILES string of the molecule is CC1c2cc(CNC(=O)OC(C)(C)C)ccc2C(=O)N1C1CCC(=O)NC1=O. The van der Waals surface area contributed by atoms with E-state index >= 15 is 0 Å². The maximum absolute atomic E-state index is 12.8. The Morgan fingerprint density at radius 1 is 1.29 bits per heavy atom. The number of benzene rings is 1. The quantitative estimate of drug-likeness (QED) is 0.772. The van der Waals surface area contributed by atoms with Gasteiger partial charge in [0.25, 0.3) is 5.91 Å². The van der Waals surface area contributed by atoms with Crippen LogP contribution in [0.3, 0.4) is 0 Å². The van der Waals surface area contributed by atoms with Gasteiger partial charge in [-0.15, -0.1) is 0 Å². The molecule has 2 atom stereocenters. The van der Waals surface area contributed by atoms with Gasteiger partial charge in [0.05, 0.1) is 6.04 Å². The number of piperidine rings is 1. The molecule has 1 saturated heterocycles. The topological polar surface area (TPSA) is 105 Å². The van der Waals surface area contributed by atoms with Crippen LogP contribution in [0, 0.1) is 0 Å². The lowest BCUT2D eigenvalue weighted by molar-refractivity contribution is -0.137. The fourth-order valence-electron chi connectivity index (χ4n) is 3.57. The number of hydrogen-bond acceptors (Lipinski definition) is 5. The van der Waals surface area contributed by atoms with E-state index in [2.05, 4.69) is 10.6 Å². The van der Waals surface area contributed by atoms with Crippen molar-refractivity contribution in [2.45, 2.75) is 64.8 Å². The summed E-state index contributed by atoms with van der Waals surface area (Å²) in [6, 6.07) is 4.39. The van der Waals surface area contributed by atoms with Crippen molar-refractivity contribution >= 4 is 23.8 Å². The predicted molar refractivity (Wildman–Crippen MR) is 100 cm³/mol. The van der Waals surface area contributed by atoms with Crippen molar-refractivity contribution in [2.24, 2.45) is 0 Å². The average Bonchev–Trinajstić information content (AvgIpc) is 2.83. The first-order valence-electron chi connectivity index (χ1n) is 9.33. The van der Waals surface area contributed by atoms with Gasteiger partial charge in [0.15, 0.2) is 0 Å². The summed E-state index contributed by atoms with van der Waals surface area (Å²) in [5, 5.41) is 5.00. The Hall–Kier alpha value is -2.90. The highest BCUT2D eigenvalue weighted by Crippen LogP contribution is 2.37. The first kappa shape index (κ1) is 19.9. The third-order valence-corrected chi connectivity index (χ3v) is 4.83. The number of nitrogens with one attached hydrogen (secondary N) is 2. The lowest BCUT2D eigenvalue weighted by atomic mass is 10.0. The number of carbonyl (C=O) groups is 4. The molecule has 0 radical (unpaired) electrons. The van der Waals surface area contributed by atoms with Crippen LogP contribution in [0.5, 0.6) is 0 Å². The lowest BCUT2D eigenvalue weighted by Gasteiger charge is -2.32. The van der Waals surface area contributed by atoms with Crippen molar-refractivity contribution in [3.63, 3.8) is 0 Å². The molecule has 4 amide bonds. The van der Waals surface area contributed by atoms with Gasteiger partial charge in [0.1, 0.15) is 11.6 Å². The van der Waals surface area contributed by atoms with Crippen LogP contribution in [0.2, 0.25) is 0 Å². The average molecular weight is 387 g/mol. The normalized spacial score (nSPS) is 22.0. The second-order valence-corrected chi connectivity index (χ2v) is 8.13. The van der Waals surface area contributed by atoms with Crippen LogP contribution >= 0.6 is 0 Å². The maximum atomic E-state index is 12.8. The minimum Gasteiger partial charge on any atom is -0.444 e. The Bertz CT molecular complexity index is 843. The Balaban J connectivity index is 1.73. The Morgan fingerprint density at radius 2 is 2.00 bits per heavy atom. The number of fused-ring (bicyclic) bond motifs is 1. The molecule has 1 aromatic carbocycles. The summed E-state index contributed by atoms with van der Waals surface area (Å²) in [7, 11) is 0. The monoisotopic (exact) mass is 387 g/mol. The highest BCUT2D eigenvalue weighted by atomic mass is 16.6. The molecule has 8 heteroatoms. The van der Waals surface area contributed by atoms with Crippen LogP contribution in [0.25, 0.3) is 0 Å². The zero-order chi connectivity index (χ0) is 20.6. The van der Waals surface area contributed by atoms with E-state index in [0.29, 0.717) is 12.0 Å². The van der Waals surface area contributed by atoms with Crippen molar-refractivity contribution in [1.82, 2.24) is 15.5 Å². The molecule has 0 spiro atoms.